The van der Waals surface area contributed by atoms with Gasteiger partial charge in [-0.2, -0.15) is 0 Å². The Bertz CT molecular complexity index is 439. The number of hydrogen-bond acceptors (Lipinski definition) is 1. The third-order valence-electron chi connectivity index (χ3n) is 2.38. The molecule has 0 aliphatic heterocycles. The largest absolute Gasteiger partial charge is 0.493 e. The summed E-state index contributed by atoms with van der Waals surface area (Å²) in [5.41, 5.74) is 3.79. The van der Waals surface area contributed by atoms with Gasteiger partial charge in [-0.3, -0.25) is 0 Å². The number of benzene rings is 2. The minimum Gasteiger partial charge on any atom is -0.493 e. The maximum atomic E-state index is 5.61. The Kier molecular flexibility index (Phi) is 3.20. The van der Waals surface area contributed by atoms with Crippen molar-refractivity contribution in [1.29, 1.82) is 0 Å². The van der Waals surface area contributed by atoms with Crippen molar-refractivity contribution >= 4 is 10.8 Å². The Morgan fingerprint density at radius 2 is 1.80 bits per heavy atom. The van der Waals surface area contributed by atoms with E-state index in [2.05, 4.69) is 30.0 Å². The molecule has 2 rings (SSSR count). The quantitative estimate of drug-likeness (QED) is 0.755. The number of rotatable bonds is 4. The molecule has 0 unspecified atom stereocenters. The van der Waals surface area contributed by atoms with Gasteiger partial charge in [0.1, 0.15) is 5.75 Å². The molecular formula is C13H16NO+. The molecular weight excluding hydrogens is 186 g/mol. The summed E-state index contributed by atoms with van der Waals surface area (Å²) >= 11 is 0. The first-order valence-electron chi connectivity index (χ1n) is 5.31. The fourth-order valence-corrected chi connectivity index (χ4v) is 1.55. The monoisotopic (exact) mass is 202 g/mol. The molecule has 2 nitrogen and oxygen atoms in total. The van der Waals surface area contributed by atoms with Crippen LogP contribution in [-0.2, 0) is 0 Å². The summed E-state index contributed by atoms with van der Waals surface area (Å²) in [5.74, 6) is 0.946. The molecule has 0 fully saturated rings. The Morgan fingerprint density at radius 3 is 2.60 bits per heavy atom. The molecule has 0 heterocycles. The number of hydrogen-bond donors (Lipinski definition) is 1. The summed E-state index contributed by atoms with van der Waals surface area (Å²) in [7, 11) is 0. The fourth-order valence-electron chi connectivity index (χ4n) is 1.55. The number of ether oxygens (including phenoxy) is 1. The average Bonchev–Trinajstić information content (AvgIpc) is 2.29. The van der Waals surface area contributed by atoms with Crippen LogP contribution in [-0.4, -0.2) is 13.2 Å². The van der Waals surface area contributed by atoms with Gasteiger partial charge in [-0.05, 0) is 22.9 Å². The van der Waals surface area contributed by atoms with Gasteiger partial charge in [0, 0.05) is 6.42 Å². The van der Waals surface area contributed by atoms with Crippen LogP contribution in [0.2, 0.25) is 0 Å². The Balaban J connectivity index is 2.16. The topological polar surface area (TPSA) is 36.9 Å². The van der Waals surface area contributed by atoms with E-state index < -0.39 is 0 Å². The first-order chi connectivity index (χ1) is 7.40. The second-order valence-electron chi connectivity index (χ2n) is 3.56. The molecule has 0 aromatic heterocycles. The van der Waals surface area contributed by atoms with Crippen LogP contribution >= 0.6 is 0 Å². The Morgan fingerprint density at radius 1 is 1.00 bits per heavy atom. The lowest BCUT2D eigenvalue weighted by Gasteiger charge is -2.05. The van der Waals surface area contributed by atoms with Crippen molar-refractivity contribution in [2.45, 2.75) is 6.42 Å². The molecule has 0 saturated carbocycles. The smallest absolute Gasteiger partial charge is 0.119 e. The minimum atomic E-state index is 0.752. The minimum absolute atomic E-state index is 0.752. The van der Waals surface area contributed by atoms with Gasteiger partial charge in [-0.1, -0.05) is 30.3 Å². The van der Waals surface area contributed by atoms with E-state index in [1.165, 1.54) is 10.8 Å². The highest BCUT2D eigenvalue weighted by Gasteiger charge is 1.96. The second kappa shape index (κ2) is 4.80. The highest BCUT2D eigenvalue weighted by atomic mass is 16.5. The number of quaternary nitrogens is 1. The summed E-state index contributed by atoms with van der Waals surface area (Å²) in [4.78, 5) is 0. The van der Waals surface area contributed by atoms with Crippen molar-refractivity contribution in [3.05, 3.63) is 42.5 Å². The first kappa shape index (κ1) is 9.99. The van der Waals surface area contributed by atoms with Crippen molar-refractivity contribution in [3.63, 3.8) is 0 Å². The van der Waals surface area contributed by atoms with E-state index in [-0.39, 0.29) is 0 Å². The van der Waals surface area contributed by atoms with Crippen LogP contribution < -0.4 is 10.5 Å². The zero-order chi connectivity index (χ0) is 10.5. The maximum Gasteiger partial charge on any atom is 0.119 e. The molecule has 0 aliphatic rings. The lowest BCUT2D eigenvalue weighted by atomic mass is 10.1. The lowest BCUT2D eigenvalue weighted by molar-refractivity contribution is -0.368. The van der Waals surface area contributed by atoms with Gasteiger partial charge in [0.15, 0.2) is 0 Å². The van der Waals surface area contributed by atoms with E-state index >= 15 is 0 Å². The molecule has 0 atom stereocenters. The molecule has 0 saturated heterocycles. The predicted molar refractivity (Wildman–Crippen MR) is 61.8 cm³/mol. The molecule has 3 N–H and O–H groups in total. The van der Waals surface area contributed by atoms with Crippen LogP contribution in [0.15, 0.2) is 42.5 Å². The molecule has 0 bridgehead atoms. The molecule has 0 aliphatic carbocycles. The van der Waals surface area contributed by atoms with Crippen LogP contribution in [0.5, 0.6) is 5.75 Å². The zero-order valence-electron chi connectivity index (χ0n) is 8.78. The van der Waals surface area contributed by atoms with E-state index in [9.17, 15) is 0 Å². The highest BCUT2D eigenvalue weighted by Crippen LogP contribution is 2.20. The van der Waals surface area contributed by atoms with Gasteiger partial charge in [-0.25, -0.2) is 0 Å². The van der Waals surface area contributed by atoms with Crippen molar-refractivity contribution in [2.75, 3.05) is 13.2 Å². The Labute approximate surface area is 89.7 Å². The molecule has 0 radical (unpaired) electrons. The summed E-state index contributed by atoms with van der Waals surface area (Å²) in [5, 5.41) is 2.48. The molecule has 0 amide bonds. The summed E-state index contributed by atoms with van der Waals surface area (Å²) in [6.45, 7) is 1.68. The van der Waals surface area contributed by atoms with Crippen molar-refractivity contribution in [3.8, 4) is 5.75 Å². The zero-order valence-corrected chi connectivity index (χ0v) is 8.78. The third kappa shape index (κ3) is 2.48. The van der Waals surface area contributed by atoms with Crippen LogP contribution in [0.3, 0.4) is 0 Å². The molecule has 2 heteroatoms. The molecule has 78 valence electrons. The van der Waals surface area contributed by atoms with Gasteiger partial charge in [0.2, 0.25) is 0 Å². The SMILES string of the molecule is [NH3+]CCCOc1ccc2ccccc2c1. The van der Waals surface area contributed by atoms with Gasteiger partial charge in [0.05, 0.1) is 13.2 Å². The highest BCUT2D eigenvalue weighted by molar-refractivity contribution is 5.83. The van der Waals surface area contributed by atoms with Crippen molar-refractivity contribution < 1.29 is 10.5 Å². The van der Waals surface area contributed by atoms with Crippen LogP contribution in [0, 0.1) is 0 Å². The summed E-state index contributed by atoms with van der Waals surface area (Å²) in [6.07, 6.45) is 1.01. The first-order valence-corrected chi connectivity index (χ1v) is 5.31. The molecule has 2 aromatic carbocycles. The van der Waals surface area contributed by atoms with E-state index in [0.717, 1.165) is 25.3 Å². The van der Waals surface area contributed by atoms with Gasteiger partial charge >= 0.3 is 0 Å². The molecule has 15 heavy (non-hydrogen) atoms. The fraction of sp³-hybridized carbons (Fsp3) is 0.231. The van der Waals surface area contributed by atoms with E-state index in [4.69, 9.17) is 4.74 Å². The summed E-state index contributed by atoms with van der Waals surface area (Å²) in [6, 6.07) is 14.5. The second-order valence-corrected chi connectivity index (χ2v) is 3.56. The van der Waals surface area contributed by atoms with Gasteiger partial charge in [-0.15, -0.1) is 0 Å². The van der Waals surface area contributed by atoms with E-state index in [1.54, 1.807) is 0 Å². The van der Waals surface area contributed by atoms with E-state index in [1.807, 2.05) is 18.2 Å². The Hall–Kier alpha value is -1.54. The van der Waals surface area contributed by atoms with Gasteiger partial charge < -0.3 is 10.5 Å². The lowest BCUT2D eigenvalue weighted by Crippen LogP contribution is -2.50. The number of fused-ring (bicyclic) bond motifs is 1. The molecule has 0 spiro atoms. The molecule has 2 aromatic rings. The maximum absolute atomic E-state index is 5.61. The van der Waals surface area contributed by atoms with Crippen LogP contribution in [0.1, 0.15) is 6.42 Å². The normalized spacial score (nSPS) is 10.5. The summed E-state index contributed by atoms with van der Waals surface area (Å²) < 4.78 is 5.61. The predicted octanol–water partition coefficient (Wildman–Crippen LogP) is 1.85. The van der Waals surface area contributed by atoms with Crippen LogP contribution in [0.25, 0.3) is 10.8 Å². The van der Waals surface area contributed by atoms with Crippen molar-refractivity contribution in [2.24, 2.45) is 0 Å². The van der Waals surface area contributed by atoms with Gasteiger partial charge in [0.25, 0.3) is 0 Å². The van der Waals surface area contributed by atoms with Crippen molar-refractivity contribution in [1.82, 2.24) is 0 Å². The average molecular weight is 202 g/mol. The van der Waals surface area contributed by atoms with Crippen LogP contribution in [0.4, 0.5) is 0 Å². The third-order valence-corrected chi connectivity index (χ3v) is 2.38. The van der Waals surface area contributed by atoms with E-state index in [0.29, 0.717) is 0 Å². The standard InChI is InChI=1S/C13H15NO/c14-8-3-9-15-13-7-6-11-4-1-2-5-12(11)10-13/h1-2,4-7,10H,3,8-9,14H2/p+1.